The lowest BCUT2D eigenvalue weighted by molar-refractivity contribution is 0.806. The molecule has 0 atom stereocenters. The highest BCUT2D eigenvalue weighted by Crippen LogP contribution is 2.25. The van der Waals surface area contributed by atoms with E-state index in [4.69, 9.17) is 0 Å². The number of aromatic nitrogens is 3. The van der Waals surface area contributed by atoms with Crippen LogP contribution in [0.5, 0.6) is 0 Å². The van der Waals surface area contributed by atoms with Crippen molar-refractivity contribution in [2.45, 2.75) is 0 Å². The molecule has 0 bridgehead atoms. The standard InChI is InChI=1S/C17H15N5/c1-21(2)14-8-10-15(11-9-14)22-17(16(12-18)19-20-22)13-6-4-3-5-7-13/h3-11H,1-2H3. The molecule has 0 saturated carbocycles. The molecule has 0 fully saturated rings. The summed E-state index contributed by atoms with van der Waals surface area (Å²) < 4.78 is 1.70. The van der Waals surface area contributed by atoms with Crippen LogP contribution in [0.2, 0.25) is 0 Å². The molecule has 108 valence electrons. The molecule has 5 heteroatoms. The van der Waals surface area contributed by atoms with E-state index in [9.17, 15) is 5.26 Å². The van der Waals surface area contributed by atoms with E-state index in [1.165, 1.54) is 0 Å². The van der Waals surface area contributed by atoms with E-state index < -0.39 is 0 Å². The summed E-state index contributed by atoms with van der Waals surface area (Å²) in [5, 5.41) is 17.4. The van der Waals surface area contributed by atoms with Gasteiger partial charge in [-0.2, -0.15) is 5.26 Å². The second-order valence-electron chi connectivity index (χ2n) is 5.09. The van der Waals surface area contributed by atoms with Crippen molar-refractivity contribution in [3.63, 3.8) is 0 Å². The van der Waals surface area contributed by atoms with Crippen LogP contribution < -0.4 is 4.90 Å². The largest absolute Gasteiger partial charge is 0.378 e. The molecule has 0 N–H and O–H groups in total. The van der Waals surface area contributed by atoms with Gasteiger partial charge in [0.1, 0.15) is 11.8 Å². The van der Waals surface area contributed by atoms with Crippen molar-refractivity contribution in [1.29, 1.82) is 5.26 Å². The minimum atomic E-state index is 0.322. The van der Waals surface area contributed by atoms with Crippen LogP contribution in [0.15, 0.2) is 54.6 Å². The Morgan fingerprint density at radius 1 is 1.00 bits per heavy atom. The maximum atomic E-state index is 9.28. The van der Waals surface area contributed by atoms with Gasteiger partial charge in [0, 0.05) is 25.3 Å². The van der Waals surface area contributed by atoms with Crippen molar-refractivity contribution in [2.24, 2.45) is 0 Å². The van der Waals surface area contributed by atoms with Crippen LogP contribution in [0.3, 0.4) is 0 Å². The highest BCUT2D eigenvalue weighted by atomic mass is 15.4. The highest BCUT2D eigenvalue weighted by Gasteiger charge is 2.15. The van der Waals surface area contributed by atoms with Crippen LogP contribution in [-0.4, -0.2) is 29.1 Å². The molecule has 1 aromatic heterocycles. The third-order valence-corrected chi connectivity index (χ3v) is 3.43. The van der Waals surface area contributed by atoms with Gasteiger partial charge in [0.2, 0.25) is 0 Å². The maximum Gasteiger partial charge on any atom is 0.191 e. The molecule has 0 aliphatic rings. The third kappa shape index (κ3) is 2.42. The first-order valence-corrected chi connectivity index (χ1v) is 6.89. The monoisotopic (exact) mass is 289 g/mol. The van der Waals surface area contributed by atoms with Gasteiger partial charge in [-0.1, -0.05) is 35.5 Å². The van der Waals surface area contributed by atoms with Crippen molar-refractivity contribution >= 4 is 5.69 Å². The summed E-state index contributed by atoms with van der Waals surface area (Å²) in [6.07, 6.45) is 0. The first-order chi connectivity index (χ1) is 10.7. The SMILES string of the molecule is CN(C)c1ccc(-n2nnc(C#N)c2-c2ccccc2)cc1. The number of rotatable bonds is 3. The fraction of sp³-hybridized carbons (Fsp3) is 0.118. The molecule has 0 amide bonds. The summed E-state index contributed by atoms with van der Waals surface area (Å²) in [6.45, 7) is 0. The molecule has 0 aliphatic heterocycles. The van der Waals surface area contributed by atoms with E-state index in [0.29, 0.717) is 11.4 Å². The molecule has 1 heterocycles. The van der Waals surface area contributed by atoms with Crippen molar-refractivity contribution < 1.29 is 0 Å². The van der Waals surface area contributed by atoms with E-state index >= 15 is 0 Å². The summed E-state index contributed by atoms with van der Waals surface area (Å²) in [4.78, 5) is 2.03. The van der Waals surface area contributed by atoms with Crippen molar-refractivity contribution in [2.75, 3.05) is 19.0 Å². The molecule has 22 heavy (non-hydrogen) atoms. The summed E-state index contributed by atoms with van der Waals surface area (Å²) in [5.41, 5.74) is 3.92. The lowest BCUT2D eigenvalue weighted by Crippen LogP contribution is -2.08. The minimum absolute atomic E-state index is 0.322. The van der Waals surface area contributed by atoms with Gasteiger partial charge in [0.05, 0.1) is 5.69 Å². The van der Waals surface area contributed by atoms with Crippen LogP contribution in [0.4, 0.5) is 5.69 Å². The number of hydrogen-bond acceptors (Lipinski definition) is 4. The predicted molar refractivity (Wildman–Crippen MR) is 85.8 cm³/mol. The molecule has 5 nitrogen and oxygen atoms in total. The van der Waals surface area contributed by atoms with Crippen molar-refractivity contribution in [3.05, 3.63) is 60.3 Å². The summed E-state index contributed by atoms with van der Waals surface area (Å²) >= 11 is 0. The van der Waals surface area contributed by atoms with Gasteiger partial charge in [-0.05, 0) is 24.3 Å². The Hall–Kier alpha value is -3.13. The van der Waals surface area contributed by atoms with E-state index in [2.05, 4.69) is 16.4 Å². The van der Waals surface area contributed by atoms with Gasteiger partial charge < -0.3 is 4.90 Å². The number of nitrogens with zero attached hydrogens (tertiary/aromatic N) is 5. The van der Waals surface area contributed by atoms with Gasteiger partial charge in [-0.25, -0.2) is 4.68 Å². The number of nitriles is 1. The normalized spacial score (nSPS) is 10.2. The fourth-order valence-electron chi connectivity index (χ4n) is 2.28. The predicted octanol–water partition coefficient (Wildman–Crippen LogP) is 2.87. The van der Waals surface area contributed by atoms with Gasteiger partial charge in [0.15, 0.2) is 5.69 Å². The highest BCUT2D eigenvalue weighted by molar-refractivity contribution is 5.67. The smallest absolute Gasteiger partial charge is 0.191 e. The zero-order valence-corrected chi connectivity index (χ0v) is 12.4. The quantitative estimate of drug-likeness (QED) is 0.744. The van der Waals surface area contributed by atoms with Gasteiger partial charge in [-0.3, -0.25) is 0 Å². The zero-order chi connectivity index (χ0) is 15.5. The van der Waals surface area contributed by atoms with Gasteiger partial charge in [-0.15, -0.1) is 5.10 Å². The summed E-state index contributed by atoms with van der Waals surface area (Å²) in [5.74, 6) is 0. The van der Waals surface area contributed by atoms with Crippen LogP contribution in [-0.2, 0) is 0 Å². The Labute approximate surface area is 129 Å². The number of benzene rings is 2. The van der Waals surface area contributed by atoms with Crippen molar-refractivity contribution in [3.8, 4) is 23.0 Å². The molecule has 2 aromatic carbocycles. The average Bonchev–Trinajstić information content (AvgIpc) is 2.99. The van der Waals surface area contributed by atoms with E-state index in [-0.39, 0.29) is 0 Å². The molecule has 3 rings (SSSR count). The first-order valence-electron chi connectivity index (χ1n) is 6.89. The number of hydrogen-bond donors (Lipinski definition) is 0. The first kappa shape index (κ1) is 13.8. The van der Waals surface area contributed by atoms with E-state index in [0.717, 1.165) is 16.9 Å². The van der Waals surface area contributed by atoms with Crippen LogP contribution in [0, 0.1) is 11.3 Å². The Kier molecular flexibility index (Phi) is 3.58. The van der Waals surface area contributed by atoms with Crippen LogP contribution in [0.1, 0.15) is 5.69 Å². The maximum absolute atomic E-state index is 9.28. The summed E-state index contributed by atoms with van der Waals surface area (Å²) in [6, 6.07) is 19.8. The molecule has 0 spiro atoms. The molecule has 0 unspecified atom stereocenters. The Balaban J connectivity index is 2.12. The second-order valence-corrected chi connectivity index (χ2v) is 5.09. The Bertz CT molecular complexity index is 811. The topological polar surface area (TPSA) is 57.7 Å². The third-order valence-electron chi connectivity index (χ3n) is 3.43. The van der Waals surface area contributed by atoms with Crippen LogP contribution in [0.25, 0.3) is 16.9 Å². The van der Waals surface area contributed by atoms with E-state index in [1.54, 1.807) is 4.68 Å². The van der Waals surface area contributed by atoms with E-state index in [1.807, 2.05) is 73.6 Å². The zero-order valence-electron chi connectivity index (χ0n) is 12.4. The van der Waals surface area contributed by atoms with Crippen LogP contribution >= 0.6 is 0 Å². The number of anilines is 1. The lowest BCUT2D eigenvalue weighted by atomic mass is 10.1. The molecule has 0 aliphatic carbocycles. The molecule has 3 aromatic rings. The Morgan fingerprint density at radius 2 is 1.68 bits per heavy atom. The molecule has 0 saturated heterocycles. The van der Waals surface area contributed by atoms with Gasteiger partial charge in [0.25, 0.3) is 0 Å². The Morgan fingerprint density at radius 3 is 2.27 bits per heavy atom. The second kappa shape index (κ2) is 5.70. The summed E-state index contributed by atoms with van der Waals surface area (Å²) in [7, 11) is 3.99. The fourth-order valence-corrected chi connectivity index (χ4v) is 2.28. The lowest BCUT2D eigenvalue weighted by Gasteiger charge is -2.13. The van der Waals surface area contributed by atoms with Crippen molar-refractivity contribution in [1.82, 2.24) is 15.0 Å². The minimum Gasteiger partial charge on any atom is -0.378 e. The molecule has 0 radical (unpaired) electrons. The van der Waals surface area contributed by atoms with Gasteiger partial charge >= 0.3 is 0 Å². The molecular weight excluding hydrogens is 274 g/mol. The average molecular weight is 289 g/mol. The molecular formula is C17H15N5.